The number of hydrogen-bond donors (Lipinski definition) is 10. The lowest BCUT2D eigenvalue weighted by Crippen LogP contribution is -2.60. The number of nitrogens with two attached hydrogens (primary N) is 1. The Morgan fingerprint density at radius 3 is 1.75 bits per heavy atom. The third-order valence-electron chi connectivity index (χ3n) is 19.3. The van der Waals surface area contributed by atoms with Gasteiger partial charge in [0.2, 0.25) is 47.3 Å². The van der Waals surface area contributed by atoms with E-state index in [4.69, 9.17) is 38.9 Å². The molecule has 2 aromatic carbocycles. The zero-order chi connectivity index (χ0) is 82.5. The van der Waals surface area contributed by atoms with E-state index < -0.39 is 154 Å². The Bertz CT molecular complexity index is 3340. The van der Waals surface area contributed by atoms with Crippen LogP contribution < -0.4 is 43.0 Å². The topological polar surface area (TPSA) is 447 Å². The number of primary amides is 1. The summed E-state index contributed by atoms with van der Waals surface area (Å²) < 4.78 is 73.4. The molecule has 0 bridgehead atoms. The van der Waals surface area contributed by atoms with E-state index in [1.807, 2.05) is 33.8 Å². The van der Waals surface area contributed by atoms with Crippen LogP contribution in [-0.2, 0) is 93.0 Å². The van der Waals surface area contributed by atoms with Crippen molar-refractivity contribution in [3.8, 4) is 0 Å². The van der Waals surface area contributed by atoms with Gasteiger partial charge < -0.3 is 91.0 Å². The molecular formula is C76H125N11O22S. The van der Waals surface area contributed by atoms with Crippen LogP contribution in [0.25, 0.3) is 0 Å². The number of Topliss-reactive ketones (excluding diaryl/α,β-unsaturated/α-hetero) is 1. The van der Waals surface area contributed by atoms with E-state index in [0.717, 1.165) is 4.90 Å². The predicted molar refractivity (Wildman–Crippen MR) is 410 cm³/mol. The third kappa shape index (κ3) is 33.2. The number of hydrogen-bond acceptors (Lipinski definition) is 21. The molecule has 1 heterocycles. The molecule has 1 aliphatic rings. The normalized spacial score (nSPS) is 16.4. The van der Waals surface area contributed by atoms with Gasteiger partial charge in [-0.1, -0.05) is 125 Å². The van der Waals surface area contributed by atoms with Gasteiger partial charge in [0.05, 0.1) is 102 Å². The van der Waals surface area contributed by atoms with Crippen LogP contribution in [0.15, 0.2) is 54.6 Å². The number of rotatable bonds is 52. The van der Waals surface area contributed by atoms with Gasteiger partial charge in [0.1, 0.15) is 48.4 Å². The number of methoxy groups -OCH3 is 2. The van der Waals surface area contributed by atoms with Crippen LogP contribution in [0.3, 0.4) is 0 Å². The number of likely N-dealkylation sites (tertiary alicyclic amines) is 1. The number of urea groups is 1. The summed E-state index contributed by atoms with van der Waals surface area (Å²) in [5, 5.41) is 29.3. The first-order chi connectivity index (χ1) is 51.9. The second-order valence-corrected chi connectivity index (χ2v) is 30.7. The number of nitrogens with one attached hydrogen (secondary N) is 7. The number of aliphatic hydroxyl groups excluding tert-OH is 1. The molecule has 110 heavy (non-hydrogen) atoms. The lowest BCUT2D eigenvalue weighted by molar-refractivity contribution is -0.148. The van der Waals surface area contributed by atoms with E-state index in [0.29, 0.717) is 63.2 Å². The summed E-state index contributed by atoms with van der Waals surface area (Å²) in [6, 6.07) is 5.66. The van der Waals surface area contributed by atoms with Gasteiger partial charge in [-0.15, -0.1) is 0 Å². The molecule has 13 atom stereocenters. The Hall–Kier alpha value is -7.96. The highest BCUT2D eigenvalue weighted by Gasteiger charge is 2.44. The molecule has 33 nitrogen and oxygen atoms in total. The number of amides is 11. The number of ketones is 1. The van der Waals surface area contributed by atoms with Gasteiger partial charge >= 0.3 is 12.1 Å². The quantitative estimate of drug-likeness (QED) is 0.0330. The van der Waals surface area contributed by atoms with E-state index in [9.17, 15) is 70.8 Å². The van der Waals surface area contributed by atoms with E-state index in [-0.39, 0.29) is 107 Å². The molecule has 11 amide bonds. The minimum atomic E-state index is -4.89. The maximum absolute atomic E-state index is 14.9. The molecule has 0 radical (unpaired) electrons. The minimum absolute atomic E-state index is 0.00318. The van der Waals surface area contributed by atoms with Crippen molar-refractivity contribution >= 4 is 81.0 Å². The highest BCUT2D eigenvalue weighted by atomic mass is 32.2. The first kappa shape index (κ1) is 96.2. The molecular weight excluding hydrogens is 1450 g/mol. The monoisotopic (exact) mass is 1580 g/mol. The number of ether oxygens (including phenoxy) is 7. The van der Waals surface area contributed by atoms with E-state index in [1.165, 1.54) is 38.3 Å². The molecule has 1 fully saturated rings. The van der Waals surface area contributed by atoms with E-state index in [2.05, 4.69) is 37.2 Å². The highest BCUT2D eigenvalue weighted by molar-refractivity contribution is 7.85. The highest BCUT2D eigenvalue weighted by Crippen LogP contribution is 2.31. The van der Waals surface area contributed by atoms with Crippen LogP contribution in [0, 0.1) is 35.5 Å². The van der Waals surface area contributed by atoms with Crippen molar-refractivity contribution < 1.29 is 104 Å². The maximum atomic E-state index is 14.9. The first-order valence-electron chi connectivity index (χ1n) is 37.9. The third-order valence-corrected chi connectivity index (χ3v) is 20.0. The molecule has 34 heteroatoms. The molecule has 622 valence electrons. The second-order valence-electron chi connectivity index (χ2n) is 29.2. The number of likely N-dealkylation sites (N-methyl/N-ethyl adjacent to an activating group) is 2. The van der Waals surface area contributed by atoms with Crippen molar-refractivity contribution in [2.24, 2.45) is 41.2 Å². The minimum Gasteiger partial charge on any atom is -0.445 e. The number of aliphatic hydroxyl groups is 1. The summed E-state index contributed by atoms with van der Waals surface area (Å²) in [5.74, 6) is -9.02. The Labute approximate surface area is 648 Å². The molecule has 0 unspecified atom stereocenters. The summed E-state index contributed by atoms with van der Waals surface area (Å²) in [6.45, 7) is 22.8. The van der Waals surface area contributed by atoms with Gasteiger partial charge in [0.15, 0.2) is 0 Å². The van der Waals surface area contributed by atoms with Crippen molar-refractivity contribution in [2.45, 2.75) is 208 Å². The largest absolute Gasteiger partial charge is 0.445 e. The Morgan fingerprint density at radius 1 is 0.645 bits per heavy atom. The molecule has 0 aromatic heterocycles. The molecule has 0 aliphatic carbocycles. The van der Waals surface area contributed by atoms with Crippen molar-refractivity contribution in [1.29, 1.82) is 0 Å². The van der Waals surface area contributed by atoms with Crippen molar-refractivity contribution in [3.63, 3.8) is 0 Å². The summed E-state index contributed by atoms with van der Waals surface area (Å²) in [4.78, 5) is 154. The number of nitrogens with zero attached hydrogens (tertiary/aromatic N) is 3. The standard InChI is InChI=1S/C76H125N11O22S/c1-17-50(10)66(60(103-15)43-62(90)87-34-22-26-58(87)68(104-16)51(11)69(92)79-52(12)67(91)54-23-19-18-20-24-54)85(13)74(97)64(48(6)7)84-73(96)65(49(8)9)86(14)76(99)109-44-53-27-29-55(30-28-53)80-70(93)56(25-21-33-78-75(77)98)82-72(95)63(47(4)5)83-71(94)57(45-110(100,101)102)81-61(89)32-36-106-38-40-108-42-41-107-39-37-105-35-31-59(88)46(2)3/h18-20,23-24,27-30,46-52,56-58,60,63-68,91H,17,21-22,25-26,31-45H2,1-16H3,(H,79,92)(H,80,93)(H,81,89)(H,82,95)(H,83,94)(H,84,96)(H3,77,78,98)(H,100,101,102)/t50-,51+,52+,56-,57-,58-,60+,63-,64-,65-,66-,67+,68+/m0/s1. The zero-order valence-electron chi connectivity index (χ0n) is 67.0. The van der Waals surface area contributed by atoms with Gasteiger partial charge in [-0.25, -0.2) is 9.59 Å². The molecule has 0 saturated carbocycles. The van der Waals surface area contributed by atoms with Crippen molar-refractivity contribution in [3.05, 3.63) is 65.7 Å². The second kappa shape index (κ2) is 49.4. The Balaban J connectivity index is 1.66. The smallest absolute Gasteiger partial charge is 0.410 e. The SMILES string of the molecule is CC[C@H](C)[C@@H]([C@@H](CC(=O)N1CCC[C@H]1[C@H](OC)[C@@H](C)C(=O)N[C@H](C)[C@@H](O)c1ccccc1)OC)N(C)C(=O)[C@@H](NC(=O)[C@H](C(C)C)N(C)C(=O)OCc1ccc(NC(=O)[C@H](CCCNC(N)=O)NC(=O)[C@@H](NC(=O)[C@H](CS(=O)(=O)O)NC(=O)CCOCCOCCOCCOCCC(=O)C(C)C)C(C)C)cc1)C(C)C. The maximum Gasteiger partial charge on any atom is 0.410 e. The van der Waals surface area contributed by atoms with E-state index >= 15 is 0 Å². The van der Waals surface area contributed by atoms with Crippen LogP contribution in [0.1, 0.15) is 152 Å². The average Bonchev–Trinajstić information content (AvgIpc) is 1.59. The number of benzene rings is 2. The Morgan fingerprint density at radius 2 is 1.22 bits per heavy atom. The Kier molecular flexibility index (Phi) is 43.2. The zero-order valence-corrected chi connectivity index (χ0v) is 67.9. The van der Waals surface area contributed by atoms with Crippen LogP contribution in [0.2, 0.25) is 0 Å². The van der Waals surface area contributed by atoms with Crippen LogP contribution >= 0.6 is 0 Å². The van der Waals surface area contributed by atoms with Crippen LogP contribution in [0.5, 0.6) is 0 Å². The van der Waals surface area contributed by atoms with Gasteiger partial charge in [-0.05, 0) is 79.5 Å². The van der Waals surface area contributed by atoms with E-state index in [1.54, 1.807) is 104 Å². The van der Waals surface area contributed by atoms with Gasteiger partial charge in [0, 0.05) is 65.9 Å². The van der Waals surface area contributed by atoms with Gasteiger partial charge in [0.25, 0.3) is 10.1 Å². The lowest BCUT2D eigenvalue weighted by atomic mass is 9.89. The van der Waals surface area contributed by atoms with Crippen LogP contribution in [0.4, 0.5) is 15.3 Å². The fourth-order valence-electron chi connectivity index (χ4n) is 12.7. The molecule has 1 saturated heterocycles. The molecule has 1 aliphatic heterocycles. The fraction of sp³-hybridized carbons (Fsp3) is 0.697. The number of anilines is 1. The lowest BCUT2D eigenvalue weighted by Gasteiger charge is -2.41. The summed E-state index contributed by atoms with van der Waals surface area (Å²) >= 11 is 0. The summed E-state index contributed by atoms with van der Waals surface area (Å²) in [7, 11) is 1.11. The van der Waals surface area contributed by atoms with Crippen molar-refractivity contribution in [1.82, 2.24) is 46.6 Å². The van der Waals surface area contributed by atoms with Gasteiger partial charge in [-0.3, -0.25) is 52.6 Å². The molecule has 0 spiro atoms. The molecule has 2 aromatic rings. The van der Waals surface area contributed by atoms with Crippen LogP contribution in [-0.4, -0.2) is 258 Å². The van der Waals surface area contributed by atoms with Crippen molar-refractivity contribution in [2.75, 3.05) is 105 Å². The fourth-order valence-corrected chi connectivity index (χ4v) is 13.4. The first-order valence-corrected chi connectivity index (χ1v) is 39.5. The number of carbonyl (C=O) groups is 11. The molecule has 11 N–H and O–H groups in total. The molecule has 3 rings (SSSR count). The summed E-state index contributed by atoms with van der Waals surface area (Å²) in [5.41, 5.74) is 6.59. The average molecular weight is 1580 g/mol. The predicted octanol–water partition coefficient (Wildman–Crippen LogP) is 4.04. The van der Waals surface area contributed by atoms with Gasteiger partial charge in [-0.2, -0.15) is 8.42 Å². The number of carbonyl (C=O) groups excluding carboxylic acids is 11. The summed E-state index contributed by atoms with van der Waals surface area (Å²) in [6.07, 6.45) is -1.57.